The standard InChI is InChI=1S/C17H15F2NO/c1-11(21)12-5-6-16-13(9-12)7-8-20(16)10-14-3-2-4-15(18)17(14)19/h2-6,9H,7-8,10H2,1H3. The molecule has 0 unspecified atom stereocenters. The second-order valence-electron chi connectivity index (χ2n) is 5.28. The van der Waals surface area contributed by atoms with Crippen LogP contribution in [0.15, 0.2) is 36.4 Å². The monoisotopic (exact) mass is 287 g/mol. The first-order valence-electron chi connectivity index (χ1n) is 6.88. The summed E-state index contributed by atoms with van der Waals surface area (Å²) < 4.78 is 27.0. The molecule has 108 valence electrons. The summed E-state index contributed by atoms with van der Waals surface area (Å²) in [6, 6.07) is 9.79. The van der Waals surface area contributed by atoms with Crippen molar-refractivity contribution in [2.75, 3.05) is 11.4 Å². The average molecular weight is 287 g/mol. The van der Waals surface area contributed by atoms with Gasteiger partial charge < -0.3 is 4.90 Å². The maximum atomic E-state index is 13.8. The van der Waals surface area contributed by atoms with E-state index in [1.807, 2.05) is 17.0 Å². The normalized spacial score (nSPS) is 13.4. The van der Waals surface area contributed by atoms with Crippen LogP contribution in [0.3, 0.4) is 0 Å². The summed E-state index contributed by atoms with van der Waals surface area (Å²) >= 11 is 0. The molecule has 4 heteroatoms. The van der Waals surface area contributed by atoms with E-state index < -0.39 is 11.6 Å². The summed E-state index contributed by atoms with van der Waals surface area (Å²) in [5, 5.41) is 0. The van der Waals surface area contributed by atoms with Crippen LogP contribution >= 0.6 is 0 Å². The van der Waals surface area contributed by atoms with Crippen LogP contribution < -0.4 is 4.90 Å². The zero-order valence-electron chi connectivity index (χ0n) is 11.7. The number of carbonyl (C=O) groups excluding carboxylic acids is 1. The number of Topliss-reactive ketones (excluding diaryl/α,β-unsaturated/α-hetero) is 1. The van der Waals surface area contributed by atoms with Gasteiger partial charge in [0.05, 0.1) is 0 Å². The molecule has 0 spiro atoms. The van der Waals surface area contributed by atoms with Gasteiger partial charge >= 0.3 is 0 Å². The molecular weight excluding hydrogens is 272 g/mol. The molecule has 21 heavy (non-hydrogen) atoms. The van der Waals surface area contributed by atoms with Crippen LogP contribution in [0.25, 0.3) is 0 Å². The Labute approximate surface area is 122 Å². The van der Waals surface area contributed by atoms with Gasteiger partial charge in [-0.1, -0.05) is 12.1 Å². The smallest absolute Gasteiger partial charge is 0.163 e. The summed E-state index contributed by atoms with van der Waals surface area (Å²) in [7, 11) is 0. The molecule has 0 amide bonds. The third kappa shape index (κ3) is 2.53. The fraction of sp³-hybridized carbons (Fsp3) is 0.235. The first kappa shape index (κ1) is 13.7. The predicted molar refractivity (Wildman–Crippen MR) is 77.6 cm³/mol. The number of hydrogen-bond donors (Lipinski definition) is 0. The molecule has 1 aliphatic rings. The highest BCUT2D eigenvalue weighted by molar-refractivity contribution is 5.94. The van der Waals surface area contributed by atoms with Gasteiger partial charge in [-0.2, -0.15) is 0 Å². The molecule has 3 rings (SSSR count). The van der Waals surface area contributed by atoms with Gasteiger partial charge in [0.1, 0.15) is 0 Å². The summed E-state index contributed by atoms with van der Waals surface area (Å²) in [6.07, 6.45) is 0.813. The lowest BCUT2D eigenvalue weighted by atomic mass is 10.1. The second-order valence-corrected chi connectivity index (χ2v) is 5.28. The quantitative estimate of drug-likeness (QED) is 0.802. The highest BCUT2D eigenvalue weighted by Crippen LogP contribution is 2.30. The maximum Gasteiger partial charge on any atom is 0.163 e. The van der Waals surface area contributed by atoms with Crippen LogP contribution in [-0.2, 0) is 13.0 Å². The van der Waals surface area contributed by atoms with Gasteiger partial charge in [-0.15, -0.1) is 0 Å². The summed E-state index contributed by atoms with van der Waals surface area (Å²) in [6.45, 7) is 2.61. The predicted octanol–water partition coefficient (Wildman–Crippen LogP) is 3.73. The van der Waals surface area contributed by atoms with Crippen LogP contribution in [0.2, 0.25) is 0 Å². The Morgan fingerprint density at radius 1 is 1.24 bits per heavy atom. The number of nitrogens with zero attached hydrogens (tertiary/aromatic N) is 1. The molecule has 1 aliphatic heterocycles. The largest absolute Gasteiger partial charge is 0.367 e. The molecule has 1 heterocycles. The van der Waals surface area contributed by atoms with Crippen molar-refractivity contribution >= 4 is 11.5 Å². The van der Waals surface area contributed by atoms with E-state index >= 15 is 0 Å². The highest BCUT2D eigenvalue weighted by atomic mass is 19.2. The molecule has 0 aromatic heterocycles. The topological polar surface area (TPSA) is 20.3 Å². The number of hydrogen-bond acceptors (Lipinski definition) is 2. The van der Waals surface area contributed by atoms with E-state index in [0.717, 1.165) is 30.3 Å². The molecular formula is C17H15F2NO. The Balaban J connectivity index is 1.88. The molecule has 0 radical (unpaired) electrons. The molecule has 0 atom stereocenters. The Morgan fingerprint density at radius 3 is 2.81 bits per heavy atom. The zero-order valence-corrected chi connectivity index (χ0v) is 11.7. The minimum absolute atomic E-state index is 0.0347. The summed E-state index contributed by atoms with van der Waals surface area (Å²) in [5.41, 5.74) is 3.11. The number of benzene rings is 2. The van der Waals surface area contributed by atoms with Gasteiger partial charge in [0, 0.05) is 29.9 Å². The molecule has 0 fully saturated rings. The van der Waals surface area contributed by atoms with Gasteiger partial charge in [0.15, 0.2) is 17.4 Å². The van der Waals surface area contributed by atoms with Crippen molar-refractivity contribution in [3.63, 3.8) is 0 Å². The van der Waals surface area contributed by atoms with E-state index in [9.17, 15) is 13.6 Å². The Kier molecular flexibility index (Phi) is 3.45. The Hall–Kier alpha value is -2.23. The Morgan fingerprint density at radius 2 is 2.05 bits per heavy atom. The second kappa shape index (κ2) is 5.28. The number of fused-ring (bicyclic) bond motifs is 1. The molecule has 0 bridgehead atoms. The minimum atomic E-state index is -0.821. The van der Waals surface area contributed by atoms with Gasteiger partial charge in [0.25, 0.3) is 0 Å². The van der Waals surface area contributed by atoms with Gasteiger partial charge in [-0.05, 0) is 43.2 Å². The van der Waals surface area contributed by atoms with Crippen molar-refractivity contribution in [2.24, 2.45) is 0 Å². The number of anilines is 1. The van der Waals surface area contributed by atoms with Crippen molar-refractivity contribution in [3.05, 3.63) is 64.7 Å². The molecule has 2 aromatic rings. The maximum absolute atomic E-state index is 13.8. The van der Waals surface area contributed by atoms with Gasteiger partial charge in [-0.25, -0.2) is 8.78 Å². The van der Waals surface area contributed by atoms with E-state index in [4.69, 9.17) is 0 Å². The van der Waals surface area contributed by atoms with Crippen LogP contribution in [0.1, 0.15) is 28.4 Å². The third-order valence-electron chi connectivity index (χ3n) is 3.87. The molecule has 0 aliphatic carbocycles. The lowest BCUT2D eigenvalue weighted by molar-refractivity contribution is 0.101. The average Bonchev–Trinajstić information content (AvgIpc) is 2.86. The number of ketones is 1. The highest BCUT2D eigenvalue weighted by Gasteiger charge is 2.21. The van der Waals surface area contributed by atoms with Crippen molar-refractivity contribution in [1.29, 1.82) is 0 Å². The van der Waals surface area contributed by atoms with E-state index in [1.54, 1.807) is 12.1 Å². The lowest BCUT2D eigenvalue weighted by Gasteiger charge is -2.20. The van der Waals surface area contributed by atoms with Crippen molar-refractivity contribution in [1.82, 2.24) is 0 Å². The lowest BCUT2D eigenvalue weighted by Crippen LogP contribution is -2.20. The summed E-state index contributed by atoms with van der Waals surface area (Å²) in [5.74, 6) is -1.57. The van der Waals surface area contributed by atoms with Crippen molar-refractivity contribution in [3.8, 4) is 0 Å². The minimum Gasteiger partial charge on any atom is -0.367 e. The number of halogens is 2. The van der Waals surface area contributed by atoms with Crippen molar-refractivity contribution < 1.29 is 13.6 Å². The third-order valence-corrected chi connectivity index (χ3v) is 3.87. The van der Waals surface area contributed by atoms with Crippen LogP contribution in [-0.4, -0.2) is 12.3 Å². The first-order valence-corrected chi connectivity index (χ1v) is 6.88. The van der Waals surface area contributed by atoms with Gasteiger partial charge in [-0.3, -0.25) is 4.79 Å². The molecule has 0 N–H and O–H groups in total. The van der Waals surface area contributed by atoms with Crippen LogP contribution in [0.5, 0.6) is 0 Å². The van der Waals surface area contributed by atoms with Gasteiger partial charge in [0.2, 0.25) is 0 Å². The number of carbonyl (C=O) groups is 1. The zero-order chi connectivity index (χ0) is 15.0. The number of rotatable bonds is 3. The van der Waals surface area contributed by atoms with E-state index in [0.29, 0.717) is 17.7 Å². The van der Waals surface area contributed by atoms with E-state index in [1.165, 1.54) is 13.0 Å². The molecule has 0 saturated heterocycles. The SMILES string of the molecule is CC(=O)c1ccc2c(c1)CCN2Cc1cccc(F)c1F. The molecule has 2 aromatic carbocycles. The Bertz CT molecular complexity index is 712. The van der Waals surface area contributed by atoms with E-state index in [2.05, 4.69) is 0 Å². The summed E-state index contributed by atoms with van der Waals surface area (Å²) in [4.78, 5) is 13.4. The molecule has 0 saturated carbocycles. The fourth-order valence-corrected chi connectivity index (χ4v) is 2.73. The molecule has 2 nitrogen and oxygen atoms in total. The first-order chi connectivity index (χ1) is 10.1. The van der Waals surface area contributed by atoms with Crippen LogP contribution in [0.4, 0.5) is 14.5 Å². The van der Waals surface area contributed by atoms with Crippen LogP contribution in [0, 0.1) is 11.6 Å². The fourth-order valence-electron chi connectivity index (χ4n) is 2.73. The van der Waals surface area contributed by atoms with Crippen molar-refractivity contribution in [2.45, 2.75) is 19.9 Å². The van der Waals surface area contributed by atoms with E-state index in [-0.39, 0.29) is 5.78 Å².